The molecule has 0 bridgehead atoms. The van der Waals surface area contributed by atoms with Crippen molar-refractivity contribution in [3.63, 3.8) is 0 Å². The zero-order chi connectivity index (χ0) is 16.4. The number of hydrogen-bond donors (Lipinski definition) is 0. The van der Waals surface area contributed by atoms with Crippen molar-refractivity contribution in [1.82, 2.24) is 14.8 Å². The topological polar surface area (TPSA) is 45.7 Å². The van der Waals surface area contributed by atoms with E-state index in [0.717, 1.165) is 76.9 Å². The summed E-state index contributed by atoms with van der Waals surface area (Å²) in [5.41, 5.74) is 1.07. The van der Waals surface area contributed by atoms with Crippen molar-refractivity contribution in [1.29, 1.82) is 0 Å². The van der Waals surface area contributed by atoms with Crippen molar-refractivity contribution in [3.05, 3.63) is 30.1 Å². The minimum absolute atomic E-state index is 0.0549. The van der Waals surface area contributed by atoms with Crippen LogP contribution in [0.2, 0.25) is 0 Å². The summed E-state index contributed by atoms with van der Waals surface area (Å²) in [4.78, 5) is 21.4. The van der Waals surface area contributed by atoms with Gasteiger partial charge in [-0.2, -0.15) is 0 Å². The molecule has 1 spiro atoms. The number of carbonyl (C=O) groups is 1. The lowest BCUT2D eigenvalue weighted by atomic mass is 9.88. The molecule has 24 heavy (non-hydrogen) atoms. The van der Waals surface area contributed by atoms with Crippen LogP contribution in [0.4, 0.5) is 0 Å². The molecule has 0 aromatic carbocycles. The van der Waals surface area contributed by atoms with Gasteiger partial charge in [-0.3, -0.25) is 14.7 Å². The number of likely N-dealkylation sites (tertiary alicyclic amines) is 2. The molecule has 0 radical (unpaired) electrons. The van der Waals surface area contributed by atoms with E-state index in [-0.39, 0.29) is 17.6 Å². The average Bonchev–Trinajstić information content (AvgIpc) is 3.28. The molecule has 4 rings (SSSR count). The standard InChI is InChI=1S/C19H27N3O2/c23-18(22-11-3-4-12-22)17-6-7-19(24-17)8-13-21(14-9-19)15-16-5-1-2-10-20-16/h1-2,5,10,17H,3-4,6-9,11-15H2/t17-/m1/s1. The molecule has 130 valence electrons. The van der Waals surface area contributed by atoms with E-state index in [1.807, 2.05) is 23.2 Å². The predicted molar refractivity (Wildman–Crippen MR) is 91.4 cm³/mol. The Bertz CT molecular complexity index is 563. The molecule has 1 aromatic rings. The minimum Gasteiger partial charge on any atom is -0.362 e. The molecular formula is C19H27N3O2. The van der Waals surface area contributed by atoms with Gasteiger partial charge in [0.2, 0.25) is 0 Å². The maximum absolute atomic E-state index is 12.6. The van der Waals surface area contributed by atoms with E-state index in [2.05, 4.69) is 16.0 Å². The second kappa shape index (κ2) is 6.81. The number of rotatable bonds is 3. The van der Waals surface area contributed by atoms with Gasteiger partial charge in [-0.25, -0.2) is 0 Å². The van der Waals surface area contributed by atoms with Gasteiger partial charge in [-0.05, 0) is 50.7 Å². The molecule has 3 saturated heterocycles. The fourth-order valence-corrected chi connectivity index (χ4v) is 4.34. The molecule has 4 heterocycles. The van der Waals surface area contributed by atoms with Gasteiger partial charge >= 0.3 is 0 Å². The number of amides is 1. The number of pyridine rings is 1. The monoisotopic (exact) mass is 329 g/mol. The van der Waals surface area contributed by atoms with E-state index in [1.165, 1.54) is 0 Å². The molecule has 5 nitrogen and oxygen atoms in total. The molecule has 1 amide bonds. The summed E-state index contributed by atoms with van der Waals surface area (Å²) in [5.74, 6) is 0.236. The SMILES string of the molecule is O=C([C@H]1CCC2(CCN(Cc3ccccn3)CC2)O1)N1CCCC1. The lowest BCUT2D eigenvalue weighted by Gasteiger charge is -2.39. The minimum atomic E-state index is -0.189. The molecule has 0 N–H and O–H groups in total. The maximum atomic E-state index is 12.6. The van der Waals surface area contributed by atoms with Crippen LogP contribution >= 0.6 is 0 Å². The molecule has 0 unspecified atom stereocenters. The summed E-state index contributed by atoms with van der Waals surface area (Å²) < 4.78 is 6.33. The lowest BCUT2D eigenvalue weighted by Crippen LogP contribution is -2.45. The van der Waals surface area contributed by atoms with Crippen LogP contribution in [0.3, 0.4) is 0 Å². The van der Waals surface area contributed by atoms with Gasteiger partial charge in [-0.1, -0.05) is 6.07 Å². The zero-order valence-corrected chi connectivity index (χ0v) is 14.3. The van der Waals surface area contributed by atoms with Crippen LogP contribution in [0, 0.1) is 0 Å². The highest BCUT2D eigenvalue weighted by Crippen LogP contribution is 2.39. The first kappa shape index (κ1) is 16.0. The summed E-state index contributed by atoms with van der Waals surface area (Å²) in [6, 6.07) is 6.09. The van der Waals surface area contributed by atoms with E-state index < -0.39 is 0 Å². The smallest absolute Gasteiger partial charge is 0.251 e. The van der Waals surface area contributed by atoms with Gasteiger partial charge in [-0.15, -0.1) is 0 Å². The summed E-state index contributed by atoms with van der Waals surface area (Å²) >= 11 is 0. The fraction of sp³-hybridized carbons (Fsp3) is 0.684. The third kappa shape index (κ3) is 3.33. The molecule has 5 heteroatoms. The highest BCUT2D eigenvalue weighted by Gasteiger charge is 2.45. The van der Waals surface area contributed by atoms with Gasteiger partial charge < -0.3 is 9.64 Å². The van der Waals surface area contributed by atoms with Crippen molar-refractivity contribution in [2.75, 3.05) is 26.2 Å². The second-order valence-corrected chi connectivity index (χ2v) is 7.46. The van der Waals surface area contributed by atoms with E-state index in [0.29, 0.717) is 0 Å². The number of ether oxygens (including phenoxy) is 1. The van der Waals surface area contributed by atoms with Crippen molar-refractivity contribution >= 4 is 5.91 Å². The molecule has 3 aliphatic rings. The Morgan fingerprint density at radius 1 is 1.17 bits per heavy atom. The van der Waals surface area contributed by atoms with Gasteiger partial charge in [0.25, 0.3) is 5.91 Å². The van der Waals surface area contributed by atoms with Crippen LogP contribution in [0.1, 0.15) is 44.2 Å². The number of piperidine rings is 1. The molecule has 3 aliphatic heterocycles. The predicted octanol–water partition coefficient (Wildman–Crippen LogP) is 2.22. The number of nitrogens with zero attached hydrogens (tertiary/aromatic N) is 3. The summed E-state index contributed by atoms with van der Waals surface area (Å²) in [6.45, 7) is 4.81. The summed E-state index contributed by atoms with van der Waals surface area (Å²) in [7, 11) is 0. The van der Waals surface area contributed by atoms with Crippen LogP contribution in [0.25, 0.3) is 0 Å². The second-order valence-electron chi connectivity index (χ2n) is 7.46. The van der Waals surface area contributed by atoms with Gasteiger partial charge in [0.1, 0.15) is 6.10 Å². The quantitative estimate of drug-likeness (QED) is 0.853. The molecule has 0 aliphatic carbocycles. The number of hydrogen-bond acceptors (Lipinski definition) is 4. The lowest BCUT2D eigenvalue weighted by molar-refractivity contribution is -0.150. The van der Waals surface area contributed by atoms with Crippen molar-refractivity contribution in [3.8, 4) is 0 Å². The Balaban J connectivity index is 1.30. The Morgan fingerprint density at radius 2 is 1.96 bits per heavy atom. The molecule has 0 saturated carbocycles. The Labute approximate surface area is 144 Å². The normalized spacial score (nSPS) is 27.0. The maximum Gasteiger partial charge on any atom is 0.251 e. The summed E-state index contributed by atoms with van der Waals surface area (Å²) in [5, 5.41) is 0. The fourth-order valence-electron chi connectivity index (χ4n) is 4.34. The molecule has 1 aromatic heterocycles. The number of carbonyl (C=O) groups excluding carboxylic acids is 1. The highest BCUT2D eigenvalue weighted by atomic mass is 16.5. The van der Waals surface area contributed by atoms with Gasteiger partial charge in [0.15, 0.2) is 0 Å². The van der Waals surface area contributed by atoms with Gasteiger partial charge in [0.05, 0.1) is 11.3 Å². The Kier molecular flexibility index (Phi) is 4.55. The Hall–Kier alpha value is -1.46. The van der Waals surface area contributed by atoms with E-state index >= 15 is 0 Å². The zero-order valence-electron chi connectivity index (χ0n) is 14.3. The van der Waals surface area contributed by atoms with Crippen LogP contribution in [-0.4, -0.2) is 58.6 Å². The van der Waals surface area contributed by atoms with Gasteiger partial charge in [0, 0.05) is 38.9 Å². The third-order valence-corrected chi connectivity index (χ3v) is 5.83. The average molecular weight is 329 g/mol. The Morgan fingerprint density at radius 3 is 2.67 bits per heavy atom. The van der Waals surface area contributed by atoms with Crippen LogP contribution < -0.4 is 0 Å². The number of aromatic nitrogens is 1. The first-order chi connectivity index (χ1) is 11.7. The molecule has 3 fully saturated rings. The van der Waals surface area contributed by atoms with Crippen LogP contribution in [-0.2, 0) is 16.1 Å². The van der Waals surface area contributed by atoms with E-state index in [9.17, 15) is 4.79 Å². The molecule has 1 atom stereocenters. The summed E-state index contributed by atoms with van der Waals surface area (Å²) in [6.07, 6.45) is 7.95. The van der Waals surface area contributed by atoms with Crippen LogP contribution in [0.15, 0.2) is 24.4 Å². The van der Waals surface area contributed by atoms with Crippen molar-refractivity contribution in [2.24, 2.45) is 0 Å². The van der Waals surface area contributed by atoms with Crippen LogP contribution in [0.5, 0.6) is 0 Å². The first-order valence-electron chi connectivity index (χ1n) is 9.33. The molecular weight excluding hydrogens is 302 g/mol. The van der Waals surface area contributed by atoms with Crippen molar-refractivity contribution < 1.29 is 9.53 Å². The van der Waals surface area contributed by atoms with Crippen molar-refractivity contribution in [2.45, 2.75) is 56.8 Å². The van der Waals surface area contributed by atoms with E-state index in [1.54, 1.807) is 0 Å². The first-order valence-corrected chi connectivity index (χ1v) is 9.33. The van der Waals surface area contributed by atoms with E-state index in [4.69, 9.17) is 4.74 Å². The third-order valence-electron chi connectivity index (χ3n) is 5.83. The largest absolute Gasteiger partial charge is 0.362 e. The highest BCUT2D eigenvalue weighted by molar-refractivity contribution is 5.81.